The lowest BCUT2D eigenvalue weighted by molar-refractivity contribution is -0.116. The van der Waals surface area contributed by atoms with Crippen molar-refractivity contribution < 1.29 is 9.53 Å². The van der Waals surface area contributed by atoms with Gasteiger partial charge in [-0.15, -0.1) is 0 Å². The van der Waals surface area contributed by atoms with Crippen LogP contribution in [0.4, 0.5) is 17.5 Å². The number of carbonyl (C=O) groups is 1. The first-order chi connectivity index (χ1) is 14.2. The molecule has 8 heteroatoms. The zero-order valence-corrected chi connectivity index (χ0v) is 16.0. The lowest BCUT2D eigenvalue weighted by atomic mass is 10.2. The van der Waals surface area contributed by atoms with Gasteiger partial charge in [-0.25, -0.2) is 15.0 Å². The van der Waals surface area contributed by atoms with Crippen molar-refractivity contribution >= 4 is 29.4 Å². The first-order valence-electron chi connectivity index (χ1n) is 9.07. The van der Waals surface area contributed by atoms with Gasteiger partial charge in [0.2, 0.25) is 5.91 Å². The predicted octanol–water partition coefficient (Wildman–Crippen LogP) is 2.87. The first-order valence-corrected chi connectivity index (χ1v) is 9.07. The molecule has 0 atom stereocenters. The number of hydrogen-bond acceptors (Lipinski definition) is 7. The number of aromatic nitrogens is 3. The van der Waals surface area contributed by atoms with Crippen molar-refractivity contribution in [1.82, 2.24) is 20.3 Å². The second-order valence-corrected chi connectivity index (χ2v) is 5.95. The summed E-state index contributed by atoms with van der Waals surface area (Å²) in [7, 11) is 1.62. The highest BCUT2D eigenvalue weighted by Crippen LogP contribution is 2.14. The minimum atomic E-state index is -0.164. The lowest BCUT2D eigenvalue weighted by Gasteiger charge is -2.08. The van der Waals surface area contributed by atoms with Gasteiger partial charge in [-0.2, -0.15) is 0 Å². The molecule has 2 heterocycles. The van der Waals surface area contributed by atoms with Crippen LogP contribution in [-0.2, 0) is 4.79 Å². The standard InChI is InChI=1S/C21H22N6O2/c1-29-17-8-5-16(6-9-17)7-10-21(28)24-13-12-23-19-14-20(26-15-25-19)27-18-4-2-3-11-22-18/h2-11,14-15H,12-13H2,1H3,(H,24,28)(H2,22,23,25,26,27)/b10-7+. The molecule has 3 rings (SSSR count). The number of amides is 1. The smallest absolute Gasteiger partial charge is 0.244 e. The molecule has 1 aromatic carbocycles. The van der Waals surface area contributed by atoms with E-state index in [2.05, 4.69) is 30.9 Å². The highest BCUT2D eigenvalue weighted by molar-refractivity contribution is 5.91. The zero-order chi connectivity index (χ0) is 20.3. The van der Waals surface area contributed by atoms with E-state index in [1.165, 1.54) is 12.4 Å². The van der Waals surface area contributed by atoms with Crippen molar-refractivity contribution in [3.63, 3.8) is 0 Å². The third-order valence-electron chi connectivity index (χ3n) is 3.86. The van der Waals surface area contributed by atoms with Crippen LogP contribution in [0.3, 0.4) is 0 Å². The van der Waals surface area contributed by atoms with Crippen LogP contribution < -0.4 is 20.7 Å². The summed E-state index contributed by atoms with van der Waals surface area (Å²) >= 11 is 0. The molecule has 2 aromatic heterocycles. The molecule has 0 aliphatic rings. The van der Waals surface area contributed by atoms with Crippen molar-refractivity contribution in [2.45, 2.75) is 0 Å². The summed E-state index contributed by atoms with van der Waals surface area (Å²) < 4.78 is 5.11. The summed E-state index contributed by atoms with van der Waals surface area (Å²) in [5.41, 5.74) is 0.924. The molecule has 0 saturated carbocycles. The van der Waals surface area contributed by atoms with E-state index in [0.29, 0.717) is 30.5 Å². The molecule has 8 nitrogen and oxygen atoms in total. The molecule has 0 aliphatic heterocycles. The summed E-state index contributed by atoms with van der Waals surface area (Å²) in [6, 6.07) is 14.8. The number of nitrogens with zero attached hydrogens (tertiary/aromatic N) is 3. The van der Waals surface area contributed by atoms with E-state index in [-0.39, 0.29) is 5.91 Å². The van der Waals surface area contributed by atoms with Crippen LogP contribution in [0.2, 0.25) is 0 Å². The van der Waals surface area contributed by atoms with Crippen molar-refractivity contribution in [1.29, 1.82) is 0 Å². The second kappa shape index (κ2) is 10.4. The van der Waals surface area contributed by atoms with Crippen molar-refractivity contribution in [3.8, 4) is 5.75 Å². The number of hydrogen-bond donors (Lipinski definition) is 3. The van der Waals surface area contributed by atoms with Crippen molar-refractivity contribution in [2.24, 2.45) is 0 Å². The van der Waals surface area contributed by atoms with Crippen LogP contribution >= 0.6 is 0 Å². The van der Waals surface area contributed by atoms with Crippen molar-refractivity contribution in [2.75, 3.05) is 30.8 Å². The van der Waals surface area contributed by atoms with Gasteiger partial charge in [0.05, 0.1) is 7.11 Å². The Morgan fingerprint density at radius 2 is 1.83 bits per heavy atom. The van der Waals surface area contributed by atoms with E-state index in [1.54, 1.807) is 25.4 Å². The molecule has 29 heavy (non-hydrogen) atoms. The van der Waals surface area contributed by atoms with E-state index in [4.69, 9.17) is 4.74 Å². The largest absolute Gasteiger partial charge is 0.497 e. The Morgan fingerprint density at radius 3 is 2.59 bits per heavy atom. The fraction of sp³-hybridized carbons (Fsp3) is 0.143. The van der Waals surface area contributed by atoms with E-state index in [0.717, 1.165) is 11.3 Å². The fourth-order valence-corrected chi connectivity index (χ4v) is 2.41. The zero-order valence-electron chi connectivity index (χ0n) is 16.0. The normalized spacial score (nSPS) is 10.5. The molecule has 3 N–H and O–H groups in total. The SMILES string of the molecule is COc1ccc(/C=C/C(=O)NCCNc2cc(Nc3ccccn3)ncn2)cc1. The van der Waals surface area contributed by atoms with E-state index in [9.17, 15) is 4.79 Å². The molecule has 3 aromatic rings. The van der Waals surface area contributed by atoms with E-state index >= 15 is 0 Å². The van der Waals surface area contributed by atoms with Gasteiger partial charge in [0.25, 0.3) is 0 Å². The summed E-state index contributed by atoms with van der Waals surface area (Å²) in [5.74, 6) is 2.60. The minimum absolute atomic E-state index is 0.164. The fourth-order valence-electron chi connectivity index (χ4n) is 2.41. The van der Waals surface area contributed by atoms with Crippen LogP contribution in [0.25, 0.3) is 6.08 Å². The Kier molecular flexibility index (Phi) is 7.11. The molecule has 0 radical (unpaired) electrons. The molecule has 1 amide bonds. The molecule has 0 aliphatic carbocycles. The van der Waals surface area contributed by atoms with Gasteiger partial charge in [-0.1, -0.05) is 18.2 Å². The van der Waals surface area contributed by atoms with E-state index < -0.39 is 0 Å². The number of carbonyl (C=O) groups excluding carboxylic acids is 1. The average molecular weight is 390 g/mol. The lowest BCUT2D eigenvalue weighted by Crippen LogP contribution is -2.27. The third kappa shape index (κ3) is 6.62. The van der Waals surface area contributed by atoms with E-state index in [1.807, 2.05) is 42.5 Å². The van der Waals surface area contributed by atoms with Crippen LogP contribution in [0.1, 0.15) is 5.56 Å². The molecular weight excluding hydrogens is 368 g/mol. The highest BCUT2D eigenvalue weighted by atomic mass is 16.5. The molecule has 0 saturated heterocycles. The summed E-state index contributed by atoms with van der Waals surface area (Å²) in [6.07, 6.45) is 6.42. The third-order valence-corrected chi connectivity index (χ3v) is 3.86. The molecule has 0 fully saturated rings. The van der Waals surface area contributed by atoms with Gasteiger partial charge in [0.15, 0.2) is 0 Å². The Labute approximate surface area is 169 Å². The summed E-state index contributed by atoms with van der Waals surface area (Å²) in [4.78, 5) is 24.4. The second-order valence-electron chi connectivity index (χ2n) is 5.95. The maximum atomic E-state index is 11.9. The first kappa shape index (κ1) is 19.8. The number of rotatable bonds is 9. The maximum absolute atomic E-state index is 11.9. The number of methoxy groups -OCH3 is 1. The molecular formula is C21H22N6O2. The quantitative estimate of drug-likeness (QED) is 0.381. The molecule has 0 unspecified atom stereocenters. The molecule has 148 valence electrons. The Hall–Kier alpha value is -3.94. The van der Waals surface area contributed by atoms with Crippen LogP contribution in [0, 0.1) is 0 Å². The van der Waals surface area contributed by atoms with Crippen LogP contribution in [0.5, 0.6) is 5.75 Å². The number of benzene rings is 1. The van der Waals surface area contributed by atoms with Gasteiger partial charge < -0.3 is 20.7 Å². The maximum Gasteiger partial charge on any atom is 0.244 e. The summed E-state index contributed by atoms with van der Waals surface area (Å²) in [5, 5.41) is 9.07. The topological polar surface area (TPSA) is 101 Å². The minimum Gasteiger partial charge on any atom is -0.497 e. The van der Waals surface area contributed by atoms with Gasteiger partial charge in [0, 0.05) is 31.4 Å². The van der Waals surface area contributed by atoms with Gasteiger partial charge >= 0.3 is 0 Å². The number of pyridine rings is 1. The number of nitrogens with one attached hydrogen (secondary N) is 3. The predicted molar refractivity (Wildman–Crippen MR) is 113 cm³/mol. The summed E-state index contributed by atoms with van der Waals surface area (Å²) in [6.45, 7) is 0.987. The van der Waals surface area contributed by atoms with Crippen LogP contribution in [0.15, 0.2) is 67.1 Å². The number of ether oxygens (including phenoxy) is 1. The Morgan fingerprint density at radius 1 is 1.00 bits per heavy atom. The van der Waals surface area contributed by atoms with Crippen LogP contribution in [-0.4, -0.2) is 41.1 Å². The molecule has 0 bridgehead atoms. The van der Waals surface area contributed by atoms with Gasteiger partial charge in [-0.3, -0.25) is 4.79 Å². The monoisotopic (exact) mass is 390 g/mol. The average Bonchev–Trinajstić information content (AvgIpc) is 2.77. The Balaban J connectivity index is 1.41. The Bertz CT molecular complexity index is 945. The molecule has 0 spiro atoms. The van der Waals surface area contributed by atoms with Gasteiger partial charge in [-0.05, 0) is 35.9 Å². The van der Waals surface area contributed by atoms with Crippen molar-refractivity contribution in [3.05, 3.63) is 72.7 Å². The van der Waals surface area contributed by atoms with Gasteiger partial charge in [0.1, 0.15) is 29.5 Å². The number of anilines is 3. The highest BCUT2D eigenvalue weighted by Gasteiger charge is 2.01.